The maximum absolute atomic E-state index is 12.0. The number of carbonyl (C=O) groups excluding carboxylic acids is 1. The van der Waals surface area contributed by atoms with Crippen molar-refractivity contribution in [3.8, 4) is 11.3 Å². The molecule has 3 aromatic rings. The molecule has 1 N–H and O–H groups in total. The van der Waals surface area contributed by atoms with Gasteiger partial charge in [-0.05, 0) is 75.9 Å². The molecule has 0 radical (unpaired) electrons. The Morgan fingerprint density at radius 2 is 1.82 bits per heavy atom. The molecule has 1 amide bonds. The maximum atomic E-state index is 12.0. The summed E-state index contributed by atoms with van der Waals surface area (Å²) in [4.78, 5) is 12.0. The number of hydrogen-bond donors (Lipinski definition) is 1. The van der Waals surface area contributed by atoms with E-state index in [1.807, 2.05) is 32.9 Å². The number of halogens is 1. The first-order valence-corrected chi connectivity index (χ1v) is 10.5. The van der Waals surface area contributed by atoms with Gasteiger partial charge in [0.15, 0.2) is 0 Å². The number of carbonyl (C=O) groups is 1. The summed E-state index contributed by atoms with van der Waals surface area (Å²) in [7, 11) is 0. The van der Waals surface area contributed by atoms with Gasteiger partial charge in [-0.3, -0.25) is 5.32 Å². The molecular weight excluding hydrogens is 416 g/mol. The summed E-state index contributed by atoms with van der Waals surface area (Å²) < 4.78 is 8.89. The Hall–Kier alpha value is -2.27. The Kier molecular flexibility index (Phi) is 4.96. The van der Waals surface area contributed by atoms with Crippen LogP contribution < -0.4 is 5.32 Å². The van der Waals surface area contributed by atoms with Crippen LogP contribution in [-0.2, 0) is 4.74 Å². The number of nitrogens with zero attached hydrogens (tertiary/aromatic N) is 1. The number of benzene rings is 2. The minimum atomic E-state index is -0.512. The smallest absolute Gasteiger partial charge is 0.412 e. The fourth-order valence-electron chi connectivity index (χ4n) is 3.60. The zero-order valence-electron chi connectivity index (χ0n) is 16.5. The van der Waals surface area contributed by atoms with E-state index in [1.54, 1.807) is 0 Å². The van der Waals surface area contributed by atoms with Gasteiger partial charge in [0.05, 0.1) is 0 Å². The Balaban J connectivity index is 1.64. The van der Waals surface area contributed by atoms with E-state index in [4.69, 9.17) is 4.74 Å². The van der Waals surface area contributed by atoms with Crippen molar-refractivity contribution in [2.75, 3.05) is 5.32 Å². The first-order chi connectivity index (χ1) is 13.3. The molecule has 0 aliphatic heterocycles. The van der Waals surface area contributed by atoms with Crippen molar-refractivity contribution in [3.05, 3.63) is 53.0 Å². The number of rotatable bonds is 3. The summed E-state index contributed by atoms with van der Waals surface area (Å²) in [6, 6.07) is 17.3. The third-order valence-electron chi connectivity index (χ3n) is 5.07. The van der Waals surface area contributed by atoms with Crippen LogP contribution in [0.4, 0.5) is 10.5 Å². The molecule has 1 saturated carbocycles. The van der Waals surface area contributed by atoms with Crippen molar-refractivity contribution in [2.45, 2.75) is 51.7 Å². The molecule has 4 nitrogen and oxygen atoms in total. The molecular formula is C23H25BrN2O2. The lowest BCUT2D eigenvalue weighted by Crippen LogP contribution is -2.27. The molecule has 0 unspecified atom stereocenters. The minimum absolute atomic E-state index is 0.436. The number of hydrogen-bond acceptors (Lipinski definition) is 2. The molecule has 2 aromatic carbocycles. The van der Waals surface area contributed by atoms with Gasteiger partial charge in [-0.2, -0.15) is 0 Å². The van der Waals surface area contributed by atoms with E-state index in [1.165, 1.54) is 35.9 Å². The summed E-state index contributed by atoms with van der Waals surface area (Å²) in [5.41, 5.74) is 3.86. The van der Waals surface area contributed by atoms with E-state index in [0.29, 0.717) is 6.04 Å². The zero-order chi connectivity index (χ0) is 19.9. The fraction of sp³-hybridized carbons (Fsp3) is 0.348. The minimum Gasteiger partial charge on any atom is -0.444 e. The highest BCUT2D eigenvalue weighted by Gasteiger charge is 2.24. The van der Waals surface area contributed by atoms with E-state index >= 15 is 0 Å². The maximum Gasteiger partial charge on any atom is 0.412 e. The molecule has 28 heavy (non-hydrogen) atoms. The molecule has 1 heterocycles. The molecule has 0 bridgehead atoms. The van der Waals surface area contributed by atoms with Crippen molar-refractivity contribution in [1.82, 2.24) is 4.57 Å². The van der Waals surface area contributed by atoms with Gasteiger partial charge in [-0.25, -0.2) is 4.79 Å². The first kappa shape index (κ1) is 19.1. The van der Waals surface area contributed by atoms with Crippen molar-refractivity contribution < 1.29 is 9.53 Å². The highest BCUT2D eigenvalue weighted by molar-refractivity contribution is 9.10. The van der Waals surface area contributed by atoms with Gasteiger partial charge < -0.3 is 9.30 Å². The van der Waals surface area contributed by atoms with E-state index in [9.17, 15) is 4.79 Å². The molecule has 0 spiro atoms. The summed E-state index contributed by atoms with van der Waals surface area (Å²) in [6.45, 7) is 5.56. The van der Waals surface area contributed by atoms with Crippen molar-refractivity contribution in [1.29, 1.82) is 0 Å². The standard InChI is InChI=1S/C23H25BrN2O2/c1-23(2,3)28-22(27)25-18-11-8-15(9-12-18)20-13-16-7-10-17(24)14-21(16)26(20)19-5-4-6-19/h7-14,19H,4-6H2,1-3H3,(H,25,27). The number of fused-ring (bicyclic) bond motifs is 1. The van der Waals surface area contributed by atoms with Crippen LogP contribution in [-0.4, -0.2) is 16.3 Å². The molecule has 0 atom stereocenters. The van der Waals surface area contributed by atoms with Crippen LogP contribution in [0.1, 0.15) is 46.1 Å². The highest BCUT2D eigenvalue weighted by Crippen LogP contribution is 2.40. The summed E-state index contributed by atoms with van der Waals surface area (Å²) in [5.74, 6) is 0. The highest BCUT2D eigenvalue weighted by atomic mass is 79.9. The fourth-order valence-corrected chi connectivity index (χ4v) is 3.95. The average Bonchev–Trinajstić information content (AvgIpc) is 2.91. The van der Waals surface area contributed by atoms with Gasteiger partial charge in [-0.1, -0.05) is 34.1 Å². The predicted molar refractivity (Wildman–Crippen MR) is 118 cm³/mol. The van der Waals surface area contributed by atoms with Crippen LogP contribution in [0, 0.1) is 0 Å². The van der Waals surface area contributed by atoms with Gasteiger partial charge in [0.25, 0.3) is 0 Å². The monoisotopic (exact) mass is 440 g/mol. The molecule has 1 aliphatic rings. The second kappa shape index (κ2) is 7.28. The molecule has 1 fully saturated rings. The molecule has 0 saturated heterocycles. The Morgan fingerprint density at radius 1 is 1.11 bits per heavy atom. The summed E-state index contributed by atoms with van der Waals surface area (Å²) >= 11 is 3.61. The SMILES string of the molecule is CC(C)(C)OC(=O)Nc1ccc(-c2cc3ccc(Br)cc3n2C2CCC2)cc1. The van der Waals surface area contributed by atoms with Crippen LogP contribution in [0.25, 0.3) is 22.2 Å². The second-order valence-electron chi connectivity index (χ2n) is 8.39. The van der Waals surface area contributed by atoms with Crippen LogP contribution >= 0.6 is 15.9 Å². The number of aromatic nitrogens is 1. The van der Waals surface area contributed by atoms with Crippen LogP contribution in [0.15, 0.2) is 53.0 Å². The molecule has 1 aliphatic carbocycles. The van der Waals surface area contributed by atoms with Crippen molar-refractivity contribution in [3.63, 3.8) is 0 Å². The van der Waals surface area contributed by atoms with E-state index < -0.39 is 11.7 Å². The average molecular weight is 441 g/mol. The van der Waals surface area contributed by atoms with E-state index in [2.05, 4.69) is 62.2 Å². The van der Waals surface area contributed by atoms with E-state index in [-0.39, 0.29) is 0 Å². The Labute approximate surface area is 174 Å². The summed E-state index contributed by atoms with van der Waals surface area (Å²) in [6.07, 6.45) is 3.30. The number of amides is 1. The number of nitrogens with one attached hydrogen (secondary N) is 1. The van der Waals surface area contributed by atoms with E-state index in [0.717, 1.165) is 15.7 Å². The lowest BCUT2D eigenvalue weighted by atomic mass is 9.92. The van der Waals surface area contributed by atoms with Crippen LogP contribution in [0.3, 0.4) is 0 Å². The number of anilines is 1. The van der Waals surface area contributed by atoms with Gasteiger partial charge in [0.2, 0.25) is 0 Å². The Bertz CT molecular complexity index is 1010. The predicted octanol–water partition coefficient (Wildman–Crippen LogP) is 7.14. The molecule has 146 valence electrons. The van der Waals surface area contributed by atoms with Crippen molar-refractivity contribution >= 4 is 38.6 Å². The van der Waals surface area contributed by atoms with Crippen molar-refractivity contribution in [2.24, 2.45) is 0 Å². The lowest BCUT2D eigenvalue weighted by molar-refractivity contribution is 0.0636. The topological polar surface area (TPSA) is 43.3 Å². The quantitative estimate of drug-likeness (QED) is 0.469. The molecule has 4 rings (SSSR count). The number of ether oxygens (including phenoxy) is 1. The summed E-state index contributed by atoms with van der Waals surface area (Å²) in [5, 5.41) is 4.05. The van der Waals surface area contributed by atoms with Gasteiger partial charge in [0.1, 0.15) is 5.60 Å². The third-order valence-corrected chi connectivity index (χ3v) is 5.56. The lowest BCUT2D eigenvalue weighted by Gasteiger charge is -2.30. The normalized spacial score (nSPS) is 14.7. The molecule has 1 aromatic heterocycles. The largest absolute Gasteiger partial charge is 0.444 e. The first-order valence-electron chi connectivity index (χ1n) is 9.71. The molecule has 5 heteroatoms. The van der Waals surface area contributed by atoms with Gasteiger partial charge in [-0.15, -0.1) is 0 Å². The third kappa shape index (κ3) is 3.95. The van der Waals surface area contributed by atoms with Crippen LogP contribution in [0.5, 0.6) is 0 Å². The van der Waals surface area contributed by atoms with Gasteiger partial charge >= 0.3 is 6.09 Å². The van der Waals surface area contributed by atoms with Gasteiger partial charge in [0, 0.05) is 32.8 Å². The Morgan fingerprint density at radius 3 is 2.43 bits per heavy atom. The van der Waals surface area contributed by atoms with Crippen LogP contribution in [0.2, 0.25) is 0 Å². The zero-order valence-corrected chi connectivity index (χ0v) is 18.0. The second-order valence-corrected chi connectivity index (χ2v) is 9.31.